The molecule has 0 bridgehead atoms. The Morgan fingerprint density at radius 1 is 0.434 bits per heavy atom. The van der Waals surface area contributed by atoms with Crippen LogP contribution in [0.4, 0.5) is 0 Å². The Labute approximate surface area is 610 Å². The van der Waals surface area contributed by atoms with Gasteiger partial charge in [-0.05, 0) is 105 Å². The summed E-state index contributed by atoms with van der Waals surface area (Å²) in [4.78, 5) is 0. The number of hydrogen-bond donors (Lipinski definition) is 23. The molecule has 0 aromatic rings. The maximum atomic E-state index is 12.7. The Morgan fingerprint density at radius 2 is 0.925 bits per heavy atom. The molecule has 8 saturated heterocycles. The minimum Gasteiger partial charge on any atom is -0.394 e. The number of aliphatic hydroxyl groups excluding tert-OH is 22. The Hall–Kier alpha value is -1.52. The highest BCUT2D eigenvalue weighted by Gasteiger charge is 2.69. The molecule has 0 unspecified atom stereocenters. The Balaban J connectivity index is 0.728. The monoisotopic (exact) mass is 1540 g/mol. The van der Waals surface area contributed by atoms with Crippen LogP contribution in [0.5, 0.6) is 0 Å². The fourth-order valence-corrected chi connectivity index (χ4v) is 19.7. The van der Waals surface area contributed by atoms with E-state index in [1.165, 1.54) is 6.92 Å². The maximum Gasteiger partial charge on any atom is 0.187 e. The number of ether oxygens (including phenoxy) is 15. The molecular weight excluding hydrogens is 1420 g/mol. The van der Waals surface area contributed by atoms with E-state index in [1.807, 2.05) is 13.8 Å². The number of hydrogen-bond acceptors (Lipinski definition) is 38. The number of rotatable bonds is 23. The lowest BCUT2D eigenvalue weighted by atomic mass is 9.44. The maximum absolute atomic E-state index is 12.7. The highest BCUT2D eigenvalue weighted by molar-refractivity contribution is 5.16. The molecule has 23 N–H and O–H groups in total. The van der Waals surface area contributed by atoms with Crippen molar-refractivity contribution in [1.82, 2.24) is 0 Å². The first-order chi connectivity index (χ1) is 50.1. The van der Waals surface area contributed by atoms with Crippen LogP contribution in [-0.2, 0) is 71.1 Å². The minimum absolute atomic E-state index is 0.0317. The largest absolute Gasteiger partial charge is 0.394 e. The molecule has 614 valence electrons. The molecule has 4 aliphatic carbocycles. The lowest BCUT2D eigenvalue weighted by Gasteiger charge is -2.62. The standard InChI is InChI=1S/C68H114O38/c1-22(19-92-59-49(85)44(80)41(77)33(15-69)97-59)8-11-68(91)23(2)38-32(106-68)13-28-26-7-6-25-12-31(29(73)14-67(25,5)27(26)9-10-66(28,38)4)96-65-58(105-62-51(87)43(79)39(75)24(3)95-62)54(90)56(36(18-72)100-65)103-64-53(89)47(83)57(37(101-64)21-94-60-50(86)45(81)42(78)34(16-70)98-60)104-63-52(88)46(82)55(35(17-71)99-63)102-61-48(84)40(76)30(74)20-93-61/h22-65,69-91H,6-21H2,1-5H3/t22-,23+,24+,25-,26+,27-,28-,29+,30+,31+,32+,33+,34+,35+,36+,37+,38+,39+,40-,41+,42+,43-,44-,45-,46+,47+,48+,49+,50+,51+,52+,53+,54-,55+,56+,57+,58+,59+,60+,61-,62-,63-,64-,65+,66+,67+,68+/m1/s1. The van der Waals surface area contributed by atoms with Crippen LogP contribution in [0.1, 0.15) is 92.4 Å². The van der Waals surface area contributed by atoms with Gasteiger partial charge < -0.3 is 189 Å². The van der Waals surface area contributed by atoms with Gasteiger partial charge >= 0.3 is 0 Å². The third-order valence-corrected chi connectivity index (χ3v) is 26.0. The van der Waals surface area contributed by atoms with Gasteiger partial charge in [-0.1, -0.05) is 27.7 Å². The highest BCUT2D eigenvalue weighted by atomic mass is 16.8. The van der Waals surface area contributed by atoms with Gasteiger partial charge in [-0.15, -0.1) is 0 Å². The molecular formula is C68H114O38. The fraction of sp³-hybridized carbons (Fsp3) is 1.00. The molecule has 8 heterocycles. The molecule has 0 aromatic carbocycles. The molecule has 12 aliphatic rings. The van der Waals surface area contributed by atoms with Gasteiger partial charge in [-0.25, -0.2) is 0 Å². The van der Waals surface area contributed by atoms with Crippen molar-refractivity contribution in [3.8, 4) is 0 Å². The molecule has 12 fully saturated rings. The van der Waals surface area contributed by atoms with E-state index in [2.05, 4.69) is 13.8 Å². The summed E-state index contributed by atoms with van der Waals surface area (Å²) >= 11 is 0. The molecule has 0 amide bonds. The fourth-order valence-electron chi connectivity index (χ4n) is 19.7. The Kier molecular flexibility index (Phi) is 26.7. The zero-order valence-corrected chi connectivity index (χ0v) is 59.6. The van der Waals surface area contributed by atoms with Crippen molar-refractivity contribution in [2.75, 3.05) is 46.2 Å². The summed E-state index contributed by atoms with van der Waals surface area (Å²) in [6.45, 7) is 5.02. The highest BCUT2D eigenvalue weighted by Crippen LogP contribution is 2.71. The van der Waals surface area contributed by atoms with Gasteiger partial charge in [0.1, 0.15) is 159 Å². The van der Waals surface area contributed by atoms with Crippen LogP contribution >= 0.6 is 0 Å². The van der Waals surface area contributed by atoms with Crippen molar-refractivity contribution in [1.29, 1.82) is 0 Å². The molecule has 38 heteroatoms. The van der Waals surface area contributed by atoms with Crippen molar-refractivity contribution in [3.63, 3.8) is 0 Å². The summed E-state index contributed by atoms with van der Waals surface area (Å²) in [6.07, 6.45) is -58.5. The minimum atomic E-state index is -2.29. The zero-order valence-electron chi connectivity index (χ0n) is 59.6. The van der Waals surface area contributed by atoms with Crippen molar-refractivity contribution < 1.29 is 189 Å². The lowest BCUT2D eigenvalue weighted by Crippen LogP contribution is -2.68. The summed E-state index contributed by atoms with van der Waals surface area (Å²) in [7, 11) is 0. The summed E-state index contributed by atoms with van der Waals surface area (Å²) in [5, 5.41) is 252. The van der Waals surface area contributed by atoms with E-state index in [1.54, 1.807) is 0 Å². The van der Waals surface area contributed by atoms with Crippen molar-refractivity contribution in [3.05, 3.63) is 0 Å². The van der Waals surface area contributed by atoms with Gasteiger partial charge in [0, 0.05) is 12.3 Å². The quantitative estimate of drug-likeness (QED) is 0.0423. The van der Waals surface area contributed by atoms with E-state index in [9.17, 15) is 117 Å². The van der Waals surface area contributed by atoms with E-state index in [0.717, 1.165) is 32.1 Å². The van der Waals surface area contributed by atoms with Crippen LogP contribution in [0.15, 0.2) is 0 Å². The Bertz CT molecular complexity index is 2810. The first kappa shape index (κ1) is 83.9. The average molecular weight is 1540 g/mol. The van der Waals surface area contributed by atoms with Gasteiger partial charge in [0.05, 0.1) is 70.7 Å². The van der Waals surface area contributed by atoms with Gasteiger partial charge in [-0.3, -0.25) is 0 Å². The van der Waals surface area contributed by atoms with E-state index in [0.29, 0.717) is 12.8 Å². The second-order valence-corrected chi connectivity index (χ2v) is 32.4. The molecule has 4 saturated carbocycles. The molecule has 38 nitrogen and oxygen atoms in total. The second kappa shape index (κ2) is 33.7. The van der Waals surface area contributed by atoms with Crippen LogP contribution < -0.4 is 0 Å². The molecule has 12 rings (SSSR count). The van der Waals surface area contributed by atoms with E-state index < -0.39 is 272 Å². The van der Waals surface area contributed by atoms with Crippen molar-refractivity contribution >= 4 is 0 Å². The normalized spacial score (nSPS) is 55.9. The summed E-state index contributed by atoms with van der Waals surface area (Å²) in [6, 6.07) is 0. The molecule has 47 atom stereocenters. The van der Waals surface area contributed by atoms with Crippen LogP contribution in [0.25, 0.3) is 0 Å². The summed E-state index contributed by atoms with van der Waals surface area (Å²) in [5.74, 6) is -1.22. The Morgan fingerprint density at radius 3 is 1.53 bits per heavy atom. The van der Waals surface area contributed by atoms with Crippen LogP contribution in [0.3, 0.4) is 0 Å². The number of aliphatic hydroxyl groups is 23. The summed E-state index contributed by atoms with van der Waals surface area (Å²) in [5.41, 5.74) is -0.620. The lowest BCUT2D eigenvalue weighted by molar-refractivity contribution is -0.402. The molecule has 0 spiro atoms. The van der Waals surface area contributed by atoms with Crippen LogP contribution in [-0.4, -0.2) is 397 Å². The van der Waals surface area contributed by atoms with E-state index in [-0.39, 0.29) is 72.4 Å². The van der Waals surface area contributed by atoms with Gasteiger partial charge in [0.15, 0.2) is 49.8 Å². The van der Waals surface area contributed by atoms with Gasteiger partial charge in [0.2, 0.25) is 0 Å². The third kappa shape index (κ3) is 15.8. The van der Waals surface area contributed by atoms with Gasteiger partial charge in [0.25, 0.3) is 0 Å². The second-order valence-electron chi connectivity index (χ2n) is 32.4. The third-order valence-electron chi connectivity index (χ3n) is 26.0. The van der Waals surface area contributed by atoms with Gasteiger partial charge in [-0.2, -0.15) is 0 Å². The van der Waals surface area contributed by atoms with E-state index in [4.69, 9.17) is 71.1 Å². The SMILES string of the molecule is C[C@H](CC[C@]1(O)O[C@H]2C[C@@H]3[C@H]4CC[C@@H]5C[C@H](O[C@H]6O[C@@H](CO)[C@H](O[C@H]7O[C@@H](CO[C@H]8O[C@@H](CO)[C@H](O)[C@@H](O)[C@@H]8O)[C@H](O[C@H]8O[C@@H](CO)[C@H](O[C@H]9OC[C@H](O)[C@@H](O)[C@@H]9O)[C@@H](O)[C@@H]8O)[C@@H](O)[C@@H]7O)[C@@H](O)[C@@H]6O[C@H]6O[C@@H](C)[C@H](O)[C@@H](O)[C@@H]6O)[C@@H](O)C[C@]5(C)[C@@H]4CC[C@]3(C)[C@H]2[C@@H]1C)CO[C@H]1O[C@@H](CO)[C@H](O)[C@@H](O)[C@@H]1O. The average Bonchev–Trinajstić information content (AvgIpc) is 1.50. The molecule has 8 aliphatic heterocycles. The molecule has 0 aromatic heterocycles. The zero-order chi connectivity index (χ0) is 76.8. The number of fused-ring (bicyclic) bond motifs is 7. The smallest absolute Gasteiger partial charge is 0.187 e. The van der Waals surface area contributed by atoms with Crippen molar-refractivity contribution in [2.45, 2.75) is 325 Å². The topological polar surface area (TPSA) is 604 Å². The first-order valence-electron chi connectivity index (χ1n) is 37.3. The molecule has 0 radical (unpaired) electrons. The first-order valence-corrected chi connectivity index (χ1v) is 37.3. The molecule has 106 heavy (non-hydrogen) atoms. The predicted octanol–water partition coefficient (Wildman–Crippen LogP) is -9.84. The predicted molar refractivity (Wildman–Crippen MR) is 343 cm³/mol. The van der Waals surface area contributed by atoms with Crippen LogP contribution in [0, 0.1) is 52.3 Å². The summed E-state index contributed by atoms with van der Waals surface area (Å²) < 4.78 is 89.8. The van der Waals surface area contributed by atoms with Crippen LogP contribution in [0.2, 0.25) is 0 Å². The van der Waals surface area contributed by atoms with Crippen molar-refractivity contribution in [2.24, 2.45) is 52.3 Å². The van der Waals surface area contributed by atoms with E-state index >= 15 is 0 Å².